The molecule has 1 unspecified atom stereocenters. The highest BCUT2D eigenvalue weighted by molar-refractivity contribution is 5.95. The van der Waals surface area contributed by atoms with Crippen molar-refractivity contribution in [2.45, 2.75) is 13.0 Å². The van der Waals surface area contributed by atoms with Gasteiger partial charge in [-0.1, -0.05) is 0 Å². The lowest BCUT2D eigenvalue weighted by atomic mass is 10.1. The summed E-state index contributed by atoms with van der Waals surface area (Å²) in [6.07, 6.45) is 1.54. The van der Waals surface area contributed by atoms with Gasteiger partial charge in [0.05, 0.1) is 20.4 Å². The molecule has 6 nitrogen and oxygen atoms in total. The van der Waals surface area contributed by atoms with Gasteiger partial charge < -0.3 is 19.2 Å². The van der Waals surface area contributed by atoms with Crippen LogP contribution in [0.3, 0.4) is 0 Å². The summed E-state index contributed by atoms with van der Waals surface area (Å²) in [6.45, 7) is 1.76. The fourth-order valence-corrected chi connectivity index (χ4v) is 2.52. The van der Waals surface area contributed by atoms with E-state index in [9.17, 15) is 9.18 Å². The molecule has 0 fully saturated rings. The van der Waals surface area contributed by atoms with Crippen molar-refractivity contribution >= 4 is 5.91 Å². The maximum atomic E-state index is 13.0. The van der Waals surface area contributed by atoms with Gasteiger partial charge in [-0.3, -0.25) is 4.79 Å². The molecule has 1 heterocycles. The van der Waals surface area contributed by atoms with Gasteiger partial charge in [0.15, 0.2) is 5.76 Å². The van der Waals surface area contributed by atoms with Crippen molar-refractivity contribution < 1.29 is 23.1 Å². The summed E-state index contributed by atoms with van der Waals surface area (Å²) in [5.74, 6) is 1.23. The van der Waals surface area contributed by atoms with Crippen molar-refractivity contribution in [3.63, 3.8) is 0 Å². The number of halogens is 1. The Labute approximate surface area is 155 Å². The average molecular weight is 370 g/mol. The quantitative estimate of drug-likeness (QED) is 0.710. The third-order valence-corrected chi connectivity index (χ3v) is 3.98. The molecule has 0 bridgehead atoms. The van der Waals surface area contributed by atoms with Gasteiger partial charge in [0.1, 0.15) is 23.4 Å². The number of rotatable bonds is 6. The molecule has 3 aromatic rings. The molecule has 1 atom stereocenters. The van der Waals surface area contributed by atoms with Gasteiger partial charge in [-0.15, -0.1) is 0 Å². The Hall–Kier alpha value is -3.35. The van der Waals surface area contributed by atoms with E-state index in [0.29, 0.717) is 34.3 Å². The number of nitrogens with zero attached hydrogens (tertiary/aromatic N) is 1. The smallest absolute Gasteiger partial charge is 0.252 e. The van der Waals surface area contributed by atoms with E-state index in [-0.39, 0.29) is 11.7 Å². The minimum atomic E-state index is -0.469. The number of carbonyl (C=O) groups is 1. The van der Waals surface area contributed by atoms with E-state index in [4.69, 9.17) is 13.9 Å². The molecular formula is C20H19FN2O4. The monoisotopic (exact) mass is 370 g/mol. The third kappa shape index (κ3) is 4.25. The fourth-order valence-electron chi connectivity index (χ4n) is 2.52. The van der Waals surface area contributed by atoms with E-state index in [2.05, 4.69) is 10.3 Å². The van der Waals surface area contributed by atoms with Crippen LogP contribution >= 0.6 is 0 Å². The molecule has 0 aliphatic carbocycles. The van der Waals surface area contributed by atoms with Crippen LogP contribution in [0.1, 0.15) is 29.2 Å². The van der Waals surface area contributed by atoms with Crippen LogP contribution in [-0.2, 0) is 0 Å². The van der Waals surface area contributed by atoms with Crippen molar-refractivity contribution in [3.8, 4) is 22.8 Å². The first kappa shape index (κ1) is 18.4. The highest BCUT2D eigenvalue weighted by Gasteiger charge is 2.18. The van der Waals surface area contributed by atoms with Gasteiger partial charge in [0.25, 0.3) is 5.91 Å². The van der Waals surface area contributed by atoms with E-state index in [1.54, 1.807) is 43.5 Å². The van der Waals surface area contributed by atoms with Gasteiger partial charge in [0.2, 0.25) is 5.89 Å². The molecule has 0 aliphatic rings. The number of hydrogen-bond acceptors (Lipinski definition) is 5. The standard InChI is InChI=1S/C20H19FN2O4/c1-12(20-22-11-18(27-20)13-4-6-15(21)7-5-13)23-19(24)14-8-16(25-2)10-17(9-14)26-3/h4-12H,1-3H3,(H,23,24). The molecule has 1 amide bonds. The Kier molecular flexibility index (Phi) is 5.40. The number of hydrogen-bond donors (Lipinski definition) is 1. The molecule has 0 spiro atoms. The van der Waals surface area contributed by atoms with Crippen LogP contribution in [0.15, 0.2) is 53.1 Å². The molecule has 0 radical (unpaired) electrons. The Balaban J connectivity index is 1.74. The van der Waals surface area contributed by atoms with E-state index < -0.39 is 6.04 Å². The minimum absolute atomic E-state index is 0.318. The van der Waals surface area contributed by atoms with Gasteiger partial charge in [-0.25, -0.2) is 9.37 Å². The first-order valence-corrected chi connectivity index (χ1v) is 8.25. The van der Waals surface area contributed by atoms with Gasteiger partial charge in [0, 0.05) is 17.2 Å². The number of methoxy groups -OCH3 is 2. The Morgan fingerprint density at radius 1 is 1.11 bits per heavy atom. The molecule has 1 N–H and O–H groups in total. The second-order valence-electron chi connectivity index (χ2n) is 5.87. The zero-order valence-electron chi connectivity index (χ0n) is 15.2. The molecule has 7 heteroatoms. The molecule has 140 valence electrons. The summed E-state index contributed by atoms with van der Waals surface area (Å²) < 4.78 is 29.1. The van der Waals surface area contributed by atoms with Crippen LogP contribution in [0.5, 0.6) is 11.5 Å². The number of ether oxygens (including phenoxy) is 2. The van der Waals surface area contributed by atoms with E-state index in [1.807, 2.05) is 0 Å². The van der Waals surface area contributed by atoms with E-state index >= 15 is 0 Å². The van der Waals surface area contributed by atoms with Crippen molar-refractivity contribution in [2.24, 2.45) is 0 Å². The zero-order chi connectivity index (χ0) is 19.4. The molecular weight excluding hydrogens is 351 g/mol. The number of carbonyl (C=O) groups excluding carboxylic acids is 1. The lowest BCUT2D eigenvalue weighted by Crippen LogP contribution is -2.26. The van der Waals surface area contributed by atoms with Crippen molar-refractivity contribution in [2.75, 3.05) is 14.2 Å². The van der Waals surface area contributed by atoms with E-state index in [0.717, 1.165) is 0 Å². The lowest BCUT2D eigenvalue weighted by molar-refractivity contribution is 0.0933. The maximum absolute atomic E-state index is 13.0. The van der Waals surface area contributed by atoms with Crippen LogP contribution in [-0.4, -0.2) is 25.1 Å². The summed E-state index contributed by atoms with van der Waals surface area (Å²) in [6, 6.07) is 10.3. The number of amides is 1. The molecule has 3 rings (SSSR count). The summed E-state index contributed by atoms with van der Waals surface area (Å²) >= 11 is 0. The van der Waals surface area contributed by atoms with Crippen LogP contribution in [0, 0.1) is 5.82 Å². The average Bonchev–Trinajstić information content (AvgIpc) is 3.18. The summed E-state index contributed by atoms with van der Waals surface area (Å²) in [7, 11) is 3.03. The largest absolute Gasteiger partial charge is 0.497 e. The third-order valence-electron chi connectivity index (χ3n) is 3.98. The molecule has 0 aliphatic heterocycles. The van der Waals surface area contributed by atoms with Crippen LogP contribution < -0.4 is 14.8 Å². The first-order chi connectivity index (χ1) is 13.0. The second-order valence-corrected chi connectivity index (χ2v) is 5.87. The SMILES string of the molecule is COc1cc(OC)cc(C(=O)NC(C)c2ncc(-c3ccc(F)cc3)o2)c1. The molecule has 0 saturated carbocycles. The summed E-state index contributed by atoms with van der Waals surface area (Å²) in [5, 5.41) is 2.82. The van der Waals surface area contributed by atoms with Gasteiger partial charge >= 0.3 is 0 Å². The van der Waals surface area contributed by atoms with Crippen molar-refractivity contribution in [3.05, 3.63) is 65.9 Å². The Morgan fingerprint density at radius 3 is 2.33 bits per heavy atom. The fraction of sp³-hybridized carbons (Fsp3) is 0.200. The summed E-state index contributed by atoms with van der Waals surface area (Å²) in [4.78, 5) is 16.8. The number of nitrogens with one attached hydrogen (secondary N) is 1. The topological polar surface area (TPSA) is 73.6 Å². The predicted octanol–water partition coefficient (Wildman–Crippen LogP) is 3.99. The normalized spacial score (nSPS) is 11.7. The molecule has 0 saturated heterocycles. The van der Waals surface area contributed by atoms with Crippen LogP contribution in [0.25, 0.3) is 11.3 Å². The Morgan fingerprint density at radius 2 is 1.74 bits per heavy atom. The lowest BCUT2D eigenvalue weighted by Gasteiger charge is -2.12. The Bertz CT molecular complexity index is 915. The first-order valence-electron chi connectivity index (χ1n) is 8.25. The minimum Gasteiger partial charge on any atom is -0.497 e. The number of aromatic nitrogens is 1. The number of benzene rings is 2. The highest BCUT2D eigenvalue weighted by atomic mass is 19.1. The van der Waals surface area contributed by atoms with E-state index in [1.165, 1.54) is 26.4 Å². The van der Waals surface area contributed by atoms with Gasteiger partial charge in [-0.2, -0.15) is 0 Å². The second kappa shape index (κ2) is 7.90. The summed E-state index contributed by atoms with van der Waals surface area (Å²) in [5.41, 5.74) is 1.09. The van der Waals surface area contributed by atoms with Crippen molar-refractivity contribution in [1.82, 2.24) is 10.3 Å². The van der Waals surface area contributed by atoms with Crippen LogP contribution in [0.2, 0.25) is 0 Å². The van der Waals surface area contributed by atoms with Gasteiger partial charge in [-0.05, 0) is 43.3 Å². The maximum Gasteiger partial charge on any atom is 0.252 e. The van der Waals surface area contributed by atoms with Crippen molar-refractivity contribution in [1.29, 1.82) is 0 Å². The molecule has 27 heavy (non-hydrogen) atoms. The van der Waals surface area contributed by atoms with Crippen LogP contribution in [0.4, 0.5) is 4.39 Å². The molecule has 1 aromatic heterocycles. The molecule has 2 aromatic carbocycles. The number of oxazole rings is 1. The predicted molar refractivity (Wildman–Crippen MR) is 97.3 cm³/mol. The zero-order valence-corrected chi connectivity index (χ0v) is 15.2. The highest BCUT2D eigenvalue weighted by Crippen LogP contribution is 2.25.